The van der Waals surface area contributed by atoms with Crippen LogP contribution in [-0.4, -0.2) is 75.8 Å². The van der Waals surface area contributed by atoms with Crippen LogP contribution in [0.15, 0.2) is 11.1 Å². The molecule has 0 radical (unpaired) electrons. The normalized spacial score (nSPS) is 53.9. The minimum absolute atomic E-state index is 0.0202. The van der Waals surface area contributed by atoms with Gasteiger partial charge in [-0.05, 0) is 57.8 Å². The van der Waals surface area contributed by atoms with Crippen molar-refractivity contribution in [3.05, 3.63) is 11.1 Å². The number of cyclic esters (lactones) is 1. The number of fused-ring (bicyclic) bond motifs is 5. The minimum atomic E-state index is -1.57. The molecule has 4 saturated carbocycles. The van der Waals surface area contributed by atoms with Crippen molar-refractivity contribution >= 4 is 17.7 Å². The maximum Gasteiger partial charge on any atom is 0.334 e. The second-order valence-corrected chi connectivity index (χ2v) is 13.6. The highest BCUT2D eigenvalue weighted by Gasteiger charge is 2.82. The van der Waals surface area contributed by atoms with Crippen molar-refractivity contribution in [1.82, 2.24) is 0 Å². The van der Waals surface area contributed by atoms with Gasteiger partial charge in [-0.15, -0.1) is 0 Å². The molecule has 14 unspecified atom stereocenters. The highest BCUT2D eigenvalue weighted by Crippen LogP contribution is 2.72. The van der Waals surface area contributed by atoms with E-state index in [9.17, 15) is 24.6 Å². The number of carbonyl (C=O) groups is 3. The highest BCUT2D eigenvalue weighted by atomic mass is 16.7. The summed E-state index contributed by atoms with van der Waals surface area (Å²) in [5.74, 6) is -1.80. The molecular weight excluding hydrogens is 492 g/mol. The summed E-state index contributed by atoms with van der Waals surface area (Å²) in [5.41, 5.74) is -1.54. The SMILES string of the molecule is CC(=O)OC1CC2C3CC4OC45C4OC4CC(=O)C5C3CC(O)C2(C)C1C(C)(O)C1CC(C)=C(C)C(=O)O1. The van der Waals surface area contributed by atoms with Crippen molar-refractivity contribution in [3.8, 4) is 0 Å². The summed E-state index contributed by atoms with van der Waals surface area (Å²) in [6, 6.07) is 0. The number of epoxide rings is 2. The Hall–Kier alpha value is -1.81. The van der Waals surface area contributed by atoms with Gasteiger partial charge in [0.15, 0.2) is 0 Å². The lowest BCUT2D eigenvalue weighted by Gasteiger charge is -2.57. The lowest BCUT2D eigenvalue weighted by Crippen LogP contribution is -2.64. The van der Waals surface area contributed by atoms with Crippen LogP contribution in [0.3, 0.4) is 0 Å². The highest BCUT2D eigenvalue weighted by molar-refractivity contribution is 5.89. The van der Waals surface area contributed by atoms with Crippen LogP contribution >= 0.6 is 0 Å². The Morgan fingerprint density at radius 2 is 1.87 bits per heavy atom. The van der Waals surface area contributed by atoms with Crippen molar-refractivity contribution in [1.29, 1.82) is 0 Å². The van der Waals surface area contributed by atoms with Gasteiger partial charge >= 0.3 is 11.9 Å². The molecule has 208 valence electrons. The molecule has 38 heavy (non-hydrogen) atoms. The zero-order valence-electron chi connectivity index (χ0n) is 22.6. The third-order valence-electron chi connectivity index (χ3n) is 11.9. The van der Waals surface area contributed by atoms with Crippen molar-refractivity contribution < 1.29 is 43.5 Å². The van der Waals surface area contributed by atoms with E-state index in [-0.39, 0.29) is 47.8 Å². The van der Waals surface area contributed by atoms with E-state index in [0.717, 1.165) is 12.0 Å². The van der Waals surface area contributed by atoms with Crippen molar-refractivity contribution in [2.45, 2.75) is 115 Å². The summed E-state index contributed by atoms with van der Waals surface area (Å²) < 4.78 is 23.7. The maximum atomic E-state index is 13.4. The molecule has 7 aliphatic rings. The predicted octanol–water partition coefficient (Wildman–Crippen LogP) is 1.86. The number of hydrogen-bond donors (Lipinski definition) is 2. The van der Waals surface area contributed by atoms with Gasteiger partial charge in [0.2, 0.25) is 0 Å². The van der Waals surface area contributed by atoms with Gasteiger partial charge in [-0.1, -0.05) is 12.5 Å². The summed E-state index contributed by atoms with van der Waals surface area (Å²) in [6.07, 6.45) is -0.0387. The van der Waals surface area contributed by atoms with Gasteiger partial charge < -0.3 is 29.2 Å². The number of Topliss-reactive ketones (excluding diaryl/α,β-unsaturated/α-hetero) is 1. The molecule has 3 aliphatic heterocycles. The topological polar surface area (TPSA) is 135 Å². The standard InChI is InChI=1S/C29H38O9/c1-11-6-21(37-26(33)12(11)2)28(5,34)24-18(35-13(3)30)9-16-14-8-22-29(38-22)23(17(31)10-19-25(29)36-19)15(14)7-20(32)27(16,24)4/h14-16,18-25,32,34H,6-10H2,1-5H3. The first-order chi connectivity index (χ1) is 17.8. The average molecular weight is 531 g/mol. The van der Waals surface area contributed by atoms with Crippen LogP contribution in [0.25, 0.3) is 0 Å². The summed E-state index contributed by atoms with van der Waals surface area (Å²) in [4.78, 5) is 38.2. The van der Waals surface area contributed by atoms with Crippen LogP contribution in [0.4, 0.5) is 0 Å². The fraction of sp³-hybridized carbons (Fsp3) is 0.828. The second-order valence-electron chi connectivity index (χ2n) is 13.6. The summed E-state index contributed by atoms with van der Waals surface area (Å²) in [7, 11) is 0. The van der Waals surface area contributed by atoms with E-state index in [2.05, 4.69) is 0 Å². The van der Waals surface area contributed by atoms with Gasteiger partial charge in [0.05, 0.1) is 24.2 Å². The third-order valence-corrected chi connectivity index (χ3v) is 11.9. The summed E-state index contributed by atoms with van der Waals surface area (Å²) >= 11 is 0. The predicted molar refractivity (Wildman–Crippen MR) is 130 cm³/mol. The van der Waals surface area contributed by atoms with Crippen LogP contribution in [0.5, 0.6) is 0 Å². The quantitative estimate of drug-likeness (QED) is 0.414. The fourth-order valence-electron chi connectivity index (χ4n) is 10.0. The molecule has 0 aromatic carbocycles. The Morgan fingerprint density at radius 3 is 2.55 bits per heavy atom. The Balaban J connectivity index is 1.26. The third kappa shape index (κ3) is 3.05. The Morgan fingerprint density at radius 1 is 1.13 bits per heavy atom. The molecule has 1 spiro atoms. The monoisotopic (exact) mass is 530 g/mol. The number of aliphatic hydroxyl groups is 2. The van der Waals surface area contributed by atoms with E-state index in [0.29, 0.717) is 31.3 Å². The van der Waals surface area contributed by atoms with Gasteiger partial charge in [0.1, 0.15) is 35.3 Å². The molecule has 3 heterocycles. The molecule has 0 aromatic rings. The van der Waals surface area contributed by atoms with Gasteiger partial charge in [-0.2, -0.15) is 0 Å². The van der Waals surface area contributed by atoms with E-state index in [1.165, 1.54) is 6.92 Å². The van der Waals surface area contributed by atoms with Crippen LogP contribution in [0.2, 0.25) is 0 Å². The Kier molecular flexibility index (Phi) is 5.09. The molecule has 4 aliphatic carbocycles. The lowest BCUT2D eigenvalue weighted by atomic mass is 9.47. The van der Waals surface area contributed by atoms with E-state index < -0.39 is 52.8 Å². The number of esters is 2. The molecule has 0 amide bonds. The van der Waals surface area contributed by atoms with Crippen molar-refractivity contribution in [2.24, 2.45) is 35.0 Å². The molecule has 9 heteroatoms. The number of rotatable bonds is 3. The van der Waals surface area contributed by atoms with E-state index in [4.69, 9.17) is 18.9 Å². The number of aliphatic hydroxyl groups excluding tert-OH is 1. The summed E-state index contributed by atoms with van der Waals surface area (Å²) in [5, 5.41) is 24.1. The smallest absolute Gasteiger partial charge is 0.334 e. The number of carbonyl (C=O) groups excluding carboxylic acids is 3. The zero-order chi connectivity index (χ0) is 27.1. The molecule has 0 aromatic heterocycles. The first kappa shape index (κ1) is 25.2. The molecule has 2 N–H and O–H groups in total. The van der Waals surface area contributed by atoms with Crippen LogP contribution in [-0.2, 0) is 33.3 Å². The van der Waals surface area contributed by atoms with Crippen LogP contribution in [0, 0.1) is 35.0 Å². The van der Waals surface area contributed by atoms with Crippen LogP contribution in [0.1, 0.15) is 66.7 Å². The summed E-state index contributed by atoms with van der Waals surface area (Å²) in [6.45, 7) is 8.56. The number of ether oxygens (including phenoxy) is 4. The molecule has 6 fully saturated rings. The van der Waals surface area contributed by atoms with Gasteiger partial charge in [0, 0.05) is 36.7 Å². The van der Waals surface area contributed by atoms with E-state index in [1.54, 1.807) is 13.8 Å². The average Bonchev–Trinajstić information content (AvgIpc) is 3.72. The molecule has 9 nitrogen and oxygen atoms in total. The first-order valence-corrected chi connectivity index (χ1v) is 14.1. The molecule has 7 rings (SSSR count). The van der Waals surface area contributed by atoms with E-state index in [1.807, 2.05) is 13.8 Å². The molecule has 14 atom stereocenters. The molecule has 0 bridgehead atoms. The molecular formula is C29H38O9. The minimum Gasteiger partial charge on any atom is -0.462 e. The van der Waals surface area contributed by atoms with Gasteiger partial charge in [-0.3, -0.25) is 9.59 Å². The number of ketones is 1. The van der Waals surface area contributed by atoms with Gasteiger partial charge in [-0.25, -0.2) is 4.79 Å². The first-order valence-electron chi connectivity index (χ1n) is 14.1. The van der Waals surface area contributed by atoms with Crippen molar-refractivity contribution in [3.63, 3.8) is 0 Å². The maximum absolute atomic E-state index is 13.4. The molecule has 2 saturated heterocycles. The van der Waals surface area contributed by atoms with Crippen LogP contribution < -0.4 is 0 Å². The Bertz CT molecular complexity index is 1160. The second kappa shape index (κ2) is 7.68. The Labute approximate surface area is 222 Å². The van der Waals surface area contributed by atoms with E-state index >= 15 is 0 Å². The largest absolute Gasteiger partial charge is 0.462 e. The van der Waals surface area contributed by atoms with Gasteiger partial charge in [0.25, 0.3) is 0 Å². The fourth-order valence-corrected chi connectivity index (χ4v) is 10.0. The van der Waals surface area contributed by atoms with Crippen molar-refractivity contribution in [2.75, 3.05) is 0 Å². The number of hydrogen-bond acceptors (Lipinski definition) is 9. The lowest BCUT2D eigenvalue weighted by molar-refractivity contribution is -0.212. The zero-order valence-corrected chi connectivity index (χ0v) is 22.6.